The van der Waals surface area contributed by atoms with Crippen LogP contribution in [0.25, 0.3) is 21.8 Å². The highest BCUT2D eigenvalue weighted by molar-refractivity contribution is 5.89. The Balaban J connectivity index is 1.81. The standard InChI is InChI=1S/C26H24N2O/c1-27-16-22(20-8-4-6-10-24(20)27)26(18-12-14-19(29-3)15-13-18)23-17-28(2)25-11-7-5-9-21(23)25/h4-17,26H,1-3H3. The Kier molecular flexibility index (Phi) is 4.17. The number of rotatable bonds is 4. The Hall–Kier alpha value is -3.46. The van der Waals surface area contributed by atoms with Gasteiger partial charge in [-0.25, -0.2) is 0 Å². The van der Waals surface area contributed by atoms with E-state index in [4.69, 9.17) is 4.74 Å². The number of methoxy groups -OCH3 is 1. The summed E-state index contributed by atoms with van der Waals surface area (Å²) in [6.45, 7) is 0. The third kappa shape index (κ3) is 2.82. The molecule has 0 aliphatic rings. The zero-order chi connectivity index (χ0) is 20.0. The minimum Gasteiger partial charge on any atom is -0.497 e. The van der Waals surface area contributed by atoms with E-state index < -0.39 is 0 Å². The minimum atomic E-state index is 0.137. The smallest absolute Gasteiger partial charge is 0.118 e. The van der Waals surface area contributed by atoms with Crippen LogP contribution in [0.2, 0.25) is 0 Å². The van der Waals surface area contributed by atoms with Crippen molar-refractivity contribution in [3.8, 4) is 5.75 Å². The molecule has 0 aliphatic heterocycles. The third-order valence-corrected chi connectivity index (χ3v) is 5.93. The first-order chi connectivity index (χ1) is 14.2. The summed E-state index contributed by atoms with van der Waals surface area (Å²) in [6.07, 6.45) is 4.56. The molecule has 0 bridgehead atoms. The first kappa shape index (κ1) is 17.6. The van der Waals surface area contributed by atoms with Gasteiger partial charge in [0.15, 0.2) is 0 Å². The summed E-state index contributed by atoms with van der Waals surface area (Å²) in [6, 6.07) is 25.8. The quantitative estimate of drug-likeness (QED) is 0.382. The summed E-state index contributed by atoms with van der Waals surface area (Å²) >= 11 is 0. The lowest BCUT2D eigenvalue weighted by atomic mass is 9.85. The van der Waals surface area contributed by atoms with E-state index in [1.165, 1.54) is 38.5 Å². The molecule has 0 saturated carbocycles. The molecule has 3 nitrogen and oxygen atoms in total. The van der Waals surface area contributed by atoms with Crippen LogP contribution >= 0.6 is 0 Å². The lowest BCUT2D eigenvalue weighted by Gasteiger charge is -2.18. The number of hydrogen-bond acceptors (Lipinski definition) is 1. The number of benzene rings is 3. The Labute approximate surface area is 170 Å². The van der Waals surface area contributed by atoms with Crippen LogP contribution in [-0.2, 0) is 14.1 Å². The van der Waals surface area contributed by atoms with Gasteiger partial charge in [-0.05, 0) is 41.0 Å². The van der Waals surface area contributed by atoms with Gasteiger partial charge < -0.3 is 13.9 Å². The van der Waals surface area contributed by atoms with Crippen LogP contribution in [0.1, 0.15) is 22.6 Å². The van der Waals surface area contributed by atoms with Crippen molar-refractivity contribution >= 4 is 21.8 Å². The van der Waals surface area contributed by atoms with E-state index in [2.05, 4.69) is 108 Å². The minimum absolute atomic E-state index is 0.137. The van der Waals surface area contributed by atoms with Crippen molar-refractivity contribution < 1.29 is 4.74 Å². The highest BCUT2D eigenvalue weighted by Gasteiger charge is 2.24. The highest BCUT2D eigenvalue weighted by Crippen LogP contribution is 2.40. The molecule has 144 valence electrons. The molecule has 0 amide bonds. The number of fused-ring (bicyclic) bond motifs is 2. The van der Waals surface area contributed by atoms with Gasteiger partial charge in [0.1, 0.15) is 5.75 Å². The van der Waals surface area contributed by atoms with E-state index >= 15 is 0 Å². The second kappa shape index (κ2) is 6.85. The first-order valence-corrected chi connectivity index (χ1v) is 9.89. The molecule has 0 fully saturated rings. The third-order valence-electron chi connectivity index (χ3n) is 5.93. The molecule has 0 aliphatic carbocycles. The fraction of sp³-hybridized carbons (Fsp3) is 0.154. The van der Waals surface area contributed by atoms with Gasteiger partial charge in [0, 0.05) is 54.2 Å². The van der Waals surface area contributed by atoms with Gasteiger partial charge in [-0.15, -0.1) is 0 Å². The summed E-state index contributed by atoms with van der Waals surface area (Å²) < 4.78 is 9.86. The molecule has 2 heterocycles. The molecule has 29 heavy (non-hydrogen) atoms. The monoisotopic (exact) mass is 380 g/mol. The Morgan fingerprint density at radius 2 is 1.14 bits per heavy atom. The van der Waals surface area contributed by atoms with Crippen molar-refractivity contribution in [1.29, 1.82) is 0 Å². The SMILES string of the molecule is COc1ccc(C(c2cn(C)c3ccccc23)c2cn(C)c3ccccc23)cc1. The van der Waals surface area contributed by atoms with Crippen molar-refractivity contribution in [3.63, 3.8) is 0 Å². The normalized spacial score (nSPS) is 11.6. The maximum absolute atomic E-state index is 5.40. The fourth-order valence-electron chi connectivity index (χ4n) is 4.53. The van der Waals surface area contributed by atoms with Gasteiger partial charge in [-0.3, -0.25) is 0 Å². The average molecular weight is 380 g/mol. The first-order valence-electron chi connectivity index (χ1n) is 9.89. The van der Waals surface area contributed by atoms with E-state index in [0.29, 0.717) is 0 Å². The Bertz CT molecular complexity index is 1230. The zero-order valence-electron chi connectivity index (χ0n) is 17.0. The number of aromatic nitrogens is 2. The highest BCUT2D eigenvalue weighted by atomic mass is 16.5. The van der Waals surface area contributed by atoms with Gasteiger partial charge in [-0.2, -0.15) is 0 Å². The van der Waals surface area contributed by atoms with Crippen molar-refractivity contribution in [2.45, 2.75) is 5.92 Å². The lowest BCUT2D eigenvalue weighted by Crippen LogP contribution is -2.03. The molecule has 0 spiro atoms. The van der Waals surface area contributed by atoms with Gasteiger partial charge in [0.25, 0.3) is 0 Å². The Morgan fingerprint density at radius 3 is 1.62 bits per heavy atom. The van der Waals surface area contributed by atoms with Crippen molar-refractivity contribution in [3.05, 3.63) is 102 Å². The molecule has 0 atom stereocenters. The van der Waals surface area contributed by atoms with Gasteiger partial charge >= 0.3 is 0 Å². The zero-order valence-corrected chi connectivity index (χ0v) is 17.0. The van der Waals surface area contributed by atoms with Crippen LogP contribution in [-0.4, -0.2) is 16.2 Å². The number of nitrogens with zero attached hydrogens (tertiary/aromatic N) is 2. The van der Waals surface area contributed by atoms with E-state index in [0.717, 1.165) is 5.75 Å². The van der Waals surface area contributed by atoms with Crippen molar-refractivity contribution in [2.24, 2.45) is 14.1 Å². The summed E-state index contributed by atoms with van der Waals surface area (Å²) in [5.41, 5.74) is 6.41. The lowest BCUT2D eigenvalue weighted by molar-refractivity contribution is 0.414. The maximum Gasteiger partial charge on any atom is 0.118 e. The maximum atomic E-state index is 5.40. The summed E-state index contributed by atoms with van der Waals surface area (Å²) in [5.74, 6) is 1.02. The van der Waals surface area contributed by atoms with Crippen LogP contribution in [0, 0.1) is 0 Å². The summed E-state index contributed by atoms with van der Waals surface area (Å²) in [5, 5.41) is 2.59. The fourth-order valence-corrected chi connectivity index (χ4v) is 4.53. The Morgan fingerprint density at radius 1 is 0.655 bits per heavy atom. The van der Waals surface area contributed by atoms with Crippen LogP contribution in [0.3, 0.4) is 0 Å². The van der Waals surface area contributed by atoms with E-state index in [-0.39, 0.29) is 5.92 Å². The van der Waals surface area contributed by atoms with Crippen LogP contribution < -0.4 is 4.74 Å². The molecule has 5 aromatic rings. The molecule has 3 heteroatoms. The molecular weight excluding hydrogens is 356 g/mol. The van der Waals surface area contributed by atoms with E-state index in [9.17, 15) is 0 Å². The number of aryl methyl sites for hydroxylation is 2. The molecule has 0 N–H and O–H groups in total. The number of para-hydroxylation sites is 2. The second-order valence-electron chi connectivity index (χ2n) is 7.63. The topological polar surface area (TPSA) is 19.1 Å². The molecular formula is C26H24N2O. The number of ether oxygens (including phenoxy) is 1. The molecule has 0 unspecified atom stereocenters. The predicted molar refractivity (Wildman–Crippen MR) is 120 cm³/mol. The molecule has 0 saturated heterocycles. The van der Waals surface area contributed by atoms with Gasteiger partial charge in [-0.1, -0.05) is 48.5 Å². The molecule has 5 rings (SSSR count). The van der Waals surface area contributed by atoms with Crippen LogP contribution in [0.15, 0.2) is 85.2 Å². The molecule has 3 aromatic carbocycles. The molecule has 2 aromatic heterocycles. The largest absolute Gasteiger partial charge is 0.497 e. The van der Waals surface area contributed by atoms with Crippen molar-refractivity contribution in [2.75, 3.05) is 7.11 Å². The summed E-state index contributed by atoms with van der Waals surface area (Å²) in [7, 11) is 5.96. The van der Waals surface area contributed by atoms with E-state index in [1.807, 2.05) is 0 Å². The average Bonchev–Trinajstić information content (AvgIpc) is 3.27. The predicted octanol–water partition coefficient (Wildman–Crippen LogP) is 5.86. The second-order valence-corrected chi connectivity index (χ2v) is 7.63. The van der Waals surface area contributed by atoms with Gasteiger partial charge in [0.2, 0.25) is 0 Å². The summed E-state index contributed by atoms with van der Waals surface area (Å²) in [4.78, 5) is 0. The van der Waals surface area contributed by atoms with Crippen molar-refractivity contribution in [1.82, 2.24) is 9.13 Å². The number of hydrogen-bond donors (Lipinski definition) is 0. The van der Waals surface area contributed by atoms with Crippen LogP contribution in [0.4, 0.5) is 0 Å². The molecule has 0 radical (unpaired) electrons. The van der Waals surface area contributed by atoms with Gasteiger partial charge in [0.05, 0.1) is 7.11 Å². The van der Waals surface area contributed by atoms with E-state index in [1.54, 1.807) is 7.11 Å². The van der Waals surface area contributed by atoms with Crippen LogP contribution in [0.5, 0.6) is 5.75 Å².